The third-order valence-electron chi connectivity index (χ3n) is 4.59. The molecular weight excluding hydrogens is 328 g/mol. The number of hydrogen-bond donors (Lipinski definition) is 2. The number of hydrogen-bond acceptors (Lipinski definition) is 2. The van der Waals surface area contributed by atoms with Gasteiger partial charge in [0.15, 0.2) is 0 Å². The number of nitrogens with one attached hydrogen (secondary N) is 1. The number of benzene rings is 2. The number of fused-ring (bicyclic) bond motifs is 1. The van der Waals surface area contributed by atoms with Crippen LogP contribution in [0, 0.1) is 11.6 Å². The number of aromatic nitrogens is 1. The molecule has 128 valence electrons. The van der Waals surface area contributed by atoms with E-state index in [1.165, 1.54) is 6.20 Å². The maximum absolute atomic E-state index is 14.9. The first kappa shape index (κ1) is 15.8. The summed E-state index contributed by atoms with van der Waals surface area (Å²) in [6.07, 6.45) is 3.12. The Balaban J connectivity index is 1.82. The van der Waals surface area contributed by atoms with Gasteiger partial charge in [-0.25, -0.2) is 13.6 Å². The van der Waals surface area contributed by atoms with E-state index in [1.807, 2.05) is 0 Å². The first-order valence-corrected chi connectivity index (χ1v) is 8.00. The lowest BCUT2D eigenvalue weighted by molar-refractivity contribution is 0.0698. The second-order valence-corrected chi connectivity index (χ2v) is 6.10. The first-order valence-electron chi connectivity index (χ1n) is 8.00. The maximum Gasteiger partial charge on any atom is 0.337 e. The van der Waals surface area contributed by atoms with E-state index in [4.69, 9.17) is 4.74 Å². The van der Waals surface area contributed by atoms with Gasteiger partial charge in [0.05, 0.1) is 28.1 Å². The van der Waals surface area contributed by atoms with Crippen molar-refractivity contribution in [2.45, 2.75) is 18.9 Å². The highest BCUT2D eigenvalue weighted by Gasteiger charge is 2.22. The number of carboxylic acid groups (broad SMARTS) is 1. The Morgan fingerprint density at radius 3 is 2.64 bits per heavy atom. The molecule has 1 atom stereocenters. The smallest absolute Gasteiger partial charge is 0.337 e. The van der Waals surface area contributed by atoms with E-state index >= 15 is 0 Å². The summed E-state index contributed by atoms with van der Waals surface area (Å²) in [5.41, 5.74) is 0.998. The van der Waals surface area contributed by atoms with E-state index in [0.717, 1.165) is 31.1 Å². The summed E-state index contributed by atoms with van der Waals surface area (Å²) in [6.45, 7) is 0.720. The third-order valence-corrected chi connectivity index (χ3v) is 4.59. The Hall–Kier alpha value is -2.73. The molecule has 6 heteroatoms. The molecule has 0 bridgehead atoms. The van der Waals surface area contributed by atoms with Gasteiger partial charge in [0, 0.05) is 12.8 Å². The minimum absolute atomic E-state index is 0.0227. The van der Waals surface area contributed by atoms with Crippen LogP contribution in [0.2, 0.25) is 0 Å². The molecule has 0 radical (unpaired) electrons. The van der Waals surface area contributed by atoms with Gasteiger partial charge in [-0.15, -0.1) is 0 Å². The van der Waals surface area contributed by atoms with Gasteiger partial charge in [-0.05, 0) is 30.0 Å². The van der Waals surface area contributed by atoms with Crippen LogP contribution < -0.4 is 0 Å². The van der Waals surface area contributed by atoms with Crippen LogP contribution in [0.5, 0.6) is 0 Å². The monoisotopic (exact) mass is 343 g/mol. The molecule has 4 rings (SSSR count). The molecular formula is C19H15F2NO3. The van der Waals surface area contributed by atoms with Gasteiger partial charge in [0.2, 0.25) is 0 Å². The number of aromatic carboxylic acids is 1. The van der Waals surface area contributed by atoms with Gasteiger partial charge in [-0.3, -0.25) is 0 Å². The molecule has 2 N–H and O–H groups in total. The van der Waals surface area contributed by atoms with Gasteiger partial charge in [-0.1, -0.05) is 24.3 Å². The molecule has 2 heterocycles. The highest BCUT2D eigenvalue weighted by Crippen LogP contribution is 2.35. The number of aromatic amines is 1. The number of rotatable bonds is 3. The topological polar surface area (TPSA) is 62.3 Å². The molecule has 25 heavy (non-hydrogen) atoms. The predicted molar refractivity (Wildman–Crippen MR) is 88.5 cm³/mol. The van der Waals surface area contributed by atoms with Crippen LogP contribution in [-0.2, 0) is 4.74 Å². The fourth-order valence-corrected chi connectivity index (χ4v) is 3.36. The molecule has 0 aliphatic carbocycles. The van der Waals surface area contributed by atoms with Crippen molar-refractivity contribution in [2.75, 3.05) is 6.61 Å². The third kappa shape index (κ3) is 2.59. The lowest BCUT2D eigenvalue weighted by Crippen LogP contribution is -1.99. The van der Waals surface area contributed by atoms with Crippen molar-refractivity contribution in [3.05, 3.63) is 59.3 Å². The Morgan fingerprint density at radius 2 is 2.00 bits per heavy atom. The van der Waals surface area contributed by atoms with Crippen LogP contribution in [-0.4, -0.2) is 22.7 Å². The molecule has 1 aliphatic rings. The van der Waals surface area contributed by atoms with Crippen LogP contribution in [0.3, 0.4) is 0 Å². The second-order valence-electron chi connectivity index (χ2n) is 6.10. The van der Waals surface area contributed by atoms with Crippen molar-refractivity contribution in [2.24, 2.45) is 0 Å². The maximum atomic E-state index is 14.9. The van der Waals surface area contributed by atoms with E-state index in [9.17, 15) is 18.7 Å². The molecule has 0 amide bonds. The van der Waals surface area contributed by atoms with Gasteiger partial charge in [0.25, 0.3) is 0 Å². The fraction of sp³-hybridized carbons (Fsp3) is 0.211. The quantitative estimate of drug-likeness (QED) is 0.727. The van der Waals surface area contributed by atoms with Gasteiger partial charge in [-0.2, -0.15) is 0 Å². The van der Waals surface area contributed by atoms with Crippen molar-refractivity contribution < 1.29 is 23.4 Å². The van der Waals surface area contributed by atoms with Crippen molar-refractivity contribution in [3.8, 4) is 11.1 Å². The Kier molecular flexibility index (Phi) is 3.77. The highest BCUT2D eigenvalue weighted by molar-refractivity contribution is 6.04. The number of carbonyl (C=O) groups is 1. The number of H-pyrrole nitrogens is 1. The van der Waals surface area contributed by atoms with E-state index in [-0.39, 0.29) is 28.1 Å². The Labute approximate surface area is 142 Å². The first-order chi connectivity index (χ1) is 12.1. The summed E-state index contributed by atoms with van der Waals surface area (Å²) < 4.78 is 35.0. The molecule has 3 aromatic rings. The molecule has 1 aromatic heterocycles. The van der Waals surface area contributed by atoms with Crippen LogP contribution in [0.25, 0.3) is 22.0 Å². The number of ether oxygens (including phenoxy) is 1. The van der Waals surface area contributed by atoms with Crippen LogP contribution >= 0.6 is 0 Å². The number of carboxylic acids is 1. The van der Waals surface area contributed by atoms with Crippen molar-refractivity contribution in [1.29, 1.82) is 0 Å². The Morgan fingerprint density at radius 1 is 1.24 bits per heavy atom. The molecule has 0 spiro atoms. The second kappa shape index (κ2) is 5.97. The fourth-order valence-electron chi connectivity index (χ4n) is 3.36. The van der Waals surface area contributed by atoms with Crippen LogP contribution in [0.15, 0.2) is 36.5 Å². The van der Waals surface area contributed by atoms with Crippen molar-refractivity contribution >= 4 is 16.9 Å². The number of halogens is 2. The molecule has 1 unspecified atom stereocenters. The van der Waals surface area contributed by atoms with Crippen LogP contribution in [0.4, 0.5) is 8.78 Å². The SMILES string of the molecule is O=C(O)c1c[nH]c2cc(F)c(-c3ccc(C4CCCO4)cc3)c(F)c12. The van der Waals surface area contributed by atoms with E-state index < -0.39 is 17.6 Å². The molecule has 1 saturated heterocycles. The van der Waals surface area contributed by atoms with Crippen molar-refractivity contribution in [1.82, 2.24) is 4.98 Å². The summed E-state index contributed by atoms with van der Waals surface area (Å²) in [4.78, 5) is 13.9. The zero-order valence-electron chi connectivity index (χ0n) is 13.2. The molecule has 0 saturated carbocycles. The van der Waals surface area contributed by atoms with Gasteiger partial charge >= 0.3 is 5.97 Å². The minimum Gasteiger partial charge on any atom is -0.478 e. The predicted octanol–water partition coefficient (Wildman–Crippen LogP) is 4.66. The highest BCUT2D eigenvalue weighted by atomic mass is 19.1. The average Bonchev–Trinajstić information content (AvgIpc) is 3.25. The average molecular weight is 343 g/mol. The summed E-state index contributed by atoms with van der Waals surface area (Å²) in [5, 5.41) is 9.07. The zero-order chi connectivity index (χ0) is 17.6. The normalized spacial score (nSPS) is 17.3. The lowest BCUT2D eigenvalue weighted by atomic mass is 9.98. The van der Waals surface area contributed by atoms with E-state index in [1.54, 1.807) is 24.3 Å². The van der Waals surface area contributed by atoms with Crippen molar-refractivity contribution in [3.63, 3.8) is 0 Å². The van der Waals surface area contributed by atoms with E-state index in [0.29, 0.717) is 5.56 Å². The summed E-state index contributed by atoms with van der Waals surface area (Å²) in [7, 11) is 0. The zero-order valence-corrected chi connectivity index (χ0v) is 13.2. The standard InChI is InChI=1S/C19H15F2NO3/c20-13-8-14-17(12(9-22-14)19(23)24)18(21)16(13)11-5-3-10(4-6-11)15-2-1-7-25-15/h3-6,8-9,15,22H,1-2,7H2,(H,23,24). The molecule has 1 fully saturated rings. The summed E-state index contributed by atoms with van der Waals surface area (Å²) in [5.74, 6) is -2.89. The van der Waals surface area contributed by atoms with Gasteiger partial charge in [0.1, 0.15) is 11.6 Å². The molecule has 2 aromatic carbocycles. The summed E-state index contributed by atoms with van der Waals surface area (Å²) >= 11 is 0. The van der Waals surface area contributed by atoms with Crippen LogP contribution in [0.1, 0.15) is 34.9 Å². The summed E-state index contributed by atoms with van der Waals surface area (Å²) in [6, 6.07) is 7.98. The lowest BCUT2D eigenvalue weighted by Gasteiger charge is -2.12. The largest absolute Gasteiger partial charge is 0.478 e. The Bertz CT molecular complexity index is 957. The molecule has 1 aliphatic heterocycles. The minimum atomic E-state index is -1.27. The van der Waals surface area contributed by atoms with E-state index in [2.05, 4.69) is 4.98 Å². The molecule has 4 nitrogen and oxygen atoms in total. The van der Waals surface area contributed by atoms with Gasteiger partial charge < -0.3 is 14.8 Å².